The summed E-state index contributed by atoms with van der Waals surface area (Å²) >= 11 is 1.41. The number of amides is 2. The largest absolute Gasteiger partial charge is 0.482 e. The number of thiazole rings is 1. The van der Waals surface area contributed by atoms with E-state index in [2.05, 4.69) is 58.4 Å². The third-order valence-electron chi connectivity index (χ3n) is 7.07. The van der Waals surface area contributed by atoms with Crippen LogP contribution in [0.25, 0.3) is 0 Å². The average Bonchev–Trinajstić information content (AvgIpc) is 3.45. The van der Waals surface area contributed by atoms with Gasteiger partial charge < -0.3 is 9.64 Å². The third-order valence-corrected chi connectivity index (χ3v) is 7.90. The summed E-state index contributed by atoms with van der Waals surface area (Å²) in [6.45, 7) is 3.15. The Morgan fingerprint density at radius 1 is 0.868 bits per heavy atom. The van der Waals surface area contributed by atoms with E-state index in [-0.39, 0.29) is 24.5 Å². The molecule has 3 heterocycles. The second-order valence-electron chi connectivity index (χ2n) is 9.41. The van der Waals surface area contributed by atoms with Gasteiger partial charge in [-0.1, -0.05) is 72.8 Å². The summed E-state index contributed by atoms with van der Waals surface area (Å²) in [6.07, 6.45) is 0. The molecular weight excluding hydrogens is 496 g/mol. The summed E-state index contributed by atoms with van der Waals surface area (Å²) in [6, 6.07) is 28.7. The van der Waals surface area contributed by atoms with Gasteiger partial charge in [0.05, 0.1) is 18.3 Å². The summed E-state index contributed by atoms with van der Waals surface area (Å²) in [5.74, 6) is 0.508. The van der Waals surface area contributed by atoms with Gasteiger partial charge in [-0.2, -0.15) is 0 Å². The predicted octanol–water partition coefficient (Wildman–Crippen LogP) is 4.62. The first-order valence-corrected chi connectivity index (χ1v) is 13.6. The van der Waals surface area contributed by atoms with Crippen LogP contribution in [0.4, 0.5) is 5.69 Å². The lowest BCUT2D eigenvalue weighted by atomic mass is 9.96. The van der Waals surface area contributed by atoms with Crippen molar-refractivity contribution in [2.24, 2.45) is 0 Å². The van der Waals surface area contributed by atoms with Crippen molar-refractivity contribution in [2.75, 3.05) is 37.7 Å². The van der Waals surface area contributed by atoms with Gasteiger partial charge in [-0.3, -0.25) is 19.4 Å². The van der Waals surface area contributed by atoms with Gasteiger partial charge in [0.2, 0.25) is 0 Å². The molecule has 4 aromatic rings. The molecule has 7 nitrogen and oxygen atoms in total. The first-order chi connectivity index (χ1) is 18.7. The minimum absolute atomic E-state index is 0.00537. The topological polar surface area (TPSA) is 66.0 Å². The van der Waals surface area contributed by atoms with E-state index in [1.165, 1.54) is 22.5 Å². The van der Waals surface area contributed by atoms with Crippen LogP contribution in [-0.2, 0) is 11.3 Å². The molecule has 0 radical (unpaired) electrons. The molecule has 3 aromatic carbocycles. The highest BCUT2D eigenvalue weighted by Gasteiger charge is 2.30. The van der Waals surface area contributed by atoms with Crippen molar-refractivity contribution in [3.8, 4) is 5.75 Å². The first kappa shape index (κ1) is 24.3. The number of aromatic nitrogens is 1. The normalized spacial score (nSPS) is 15.9. The number of rotatable bonds is 6. The van der Waals surface area contributed by atoms with Crippen molar-refractivity contribution in [3.63, 3.8) is 0 Å². The Hall–Kier alpha value is -4.01. The number of fused-ring (bicyclic) bond motifs is 1. The molecule has 1 saturated heterocycles. The van der Waals surface area contributed by atoms with Crippen LogP contribution in [0.15, 0.2) is 90.3 Å². The van der Waals surface area contributed by atoms with Crippen molar-refractivity contribution in [1.29, 1.82) is 0 Å². The van der Waals surface area contributed by atoms with Gasteiger partial charge in [-0.25, -0.2) is 4.98 Å². The summed E-state index contributed by atoms with van der Waals surface area (Å²) in [5, 5.41) is 2.53. The maximum atomic E-state index is 13.3. The second kappa shape index (κ2) is 10.8. The van der Waals surface area contributed by atoms with Crippen LogP contribution >= 0.6 is 11.3 Å². The minimum Gasteiger partial charge on any atom is -0.482 e. The molecule has 6 rings (SSSR count). The molecule has 0 N–H and O–H groups in total. The van der Waals surface area contributed by atoms with E-state index < -0.39 is 0 Å². The number of piperazine rings is 1. The highest BCUT2D eigenvalue weighted by Crippen LogP contribution is 2.33. The van der Waals surface area contributed by atoms with Crippen molar-refractivity contribution in [2.45, 2.75) is 12.6 Å². The predicted molar refractivity (Wildman–Crippen MR) is 147 cm³/mol. The SMILES string of the molecule is O=C(c1csc(CN2C(=O)COc3ccccc32)n1)N1CCN(C(c2ccccc2)c2ccccc2)CC1. The lowest BCUT2D eigenvalue weighted by Crippen LogP contribution is -2.50. The van der Waals surface area contributed by atoms with Crippen LogP contribution in [0.1, 0.15) is 32.7 Å². The monoisotopic (exact) mass is 524 g/mol. The fourth-order valence-electron chi connectivity index (χ4n) is 5.17. The lowest BCUT2D eigenvalue weighted by molar-refractivity contribution is -0.121. The average molecular weight is 525 g/mol. The van der Waals surface area contributed by atoms with Crippen molar-refractivity contribution >= 4 is 28.8 Å². The smallest absolute Gasteiger partial charge is 0.273 e. The molecule has 192 valence electrons. The molecule has 38 heavy (non-hydrogen) atoms. The summed E-state index contributed by atoms with van der Waals surface area (Å²) < 4.78 is 5.54. The van der Waals surface area contributed by atoms with E-state index in [9.17, 15) is 9.59 Å². The van der Waals surface area contributed by atoms with Crippen LogP contribution in [0.2, 0.25) is 0 Å². The van der Waals surface area contributed by atoms with Crippen molar-refractivity contribution < 1.29 is 14.3 Å². The van der Waals surface area contributed by atoms with Gasteiger partial charge in [0, 0.05) is 31.6 Å². The van der Waals surface area contributed by atoms with E-state index in [0.717, 1.165) is 23.8 Å². The first-order valence-electron chi connectivity index (χ1n) is 12.8. The standard InChI is InChI=1S/C30H28N4O3S/c35-28-20-37-26-14-8-7-13-25(26)34(28)19-27-31-24(21-38-27)30(36)33-17-15-32(16-18-33)29(22-9-3-1-4-10-22)23-11-5-2-6-12-23/h1-14,21,29H,15-20H2. The van der Waals surface area contributed by atoms with Gasteiger partial charge in [-0.15, -0.1) is 11.3 Å². The summed E-state index contributed by atoms with van der Waals surface area (Å²) in [5.41, 5.74) is 3.67. The van der Waals surface area contributed by atoms with Crippen LogP contribution in [-0.4, -0.2) is 59.4 Å². The van der Waals surface area contributed by atoms with Crippen molar-refractivity contribution in [3.05, 3.63) is 112 Å². The highest BCUT2D eigenvalue weighted by atomic mass is 32.1. The van der Waals surface area contributed by atoms with Gasteiger partial charge >= 0.3 is 0 Å². The zero-order valence-corrected chi connectivity index (χ0v) is 21.7. The molecule has 2 amide bonds. The Labute approximate surface area is 225 Å². The summed E-state index contributed by atoms with van der Waals surface area (Å²) in [4.78, 5) is 36.5. The number of carbonyl (C=O) groups is 2. The van der Waals surface area contributed by atoms with Crippen molar-refractivity contribution in [1.82, 2.24) is 14.8 Å². The Balaban J connectivity index is 1.13. The molecule has 0 saturated carbocycles. The molecule has 1 fully saturated rings. The zero-order valence-electron chi connectivity index (χ0n) is 20.9. The maximum absolute atomic E-state index is 13.3. The number of ether oxygens (including phenoxy) is 1. The third kappa shape index (κ3) is 4.92. The number of carbonyl (C=O) groups excluding carboxylic acids is 2. The highest BCUT2D eigenvalue weighted by molar-refractivity contribution is 7.09. The van der Waals surface area contributed by atoms with Crippen LogP contribution in [0, 0.1) is 0 Å². The molecule has 0 unspecified atom stereocenters. The number of hydrogen-bond acceptors (Lipinski definition) is 6. The maximum Gasteiger partial charge on any atom is 0.273 e. The molecule has 0 aliphatic carbocycles. The number of nitrogens with zero attached hydrogens (tertiary/aromatic N) is 4. The van der Waals surface area contributed by atoms with E-state index in [0.29, 0.717) is 31.1 Å². The fraction of sp³-hybridized carbons (Fsp3) is 0.233. The van der Waals surface area contributed by atoms with E-state index in [1.54, 1.807) is 10.3 Å². The van der Waals surface area contributed by atoms with Crippen LogP contribution in [0.3, 0.4) is 0 Å². The van der Waals surface area contributed by atoms with Gasteiger partial charge in [0.15, 0.2) is 6.61 Å². The minimum atomic E-state index is -0.116. The Kier molecular flexibility index (Phi) is 6.90. The second-order valence-corrected chi connectivity index (χ2v) is 10.4. The van der Waals surface area contributed by atoms with Crippen LogP contribution < -0.4 is 9.64 Å². The lowest BCUT2D eigenvalue weighted by Gasteiger charge is -2.39. The number of anilines is 1. The zero-order chi connectivity index (χ0) is 25.9. The van der Waals surface area contributed by atoms with Crippen LogP contribution in [0.5, 0.6) is 5.75 Å². The number of para-hydroxylation sites is 2. The quantitative estimate of drug-likeness (QED) is 0.368. The van der Waals surface area contributed by atoms with E-state index in [1.807, 2.05) is 41.3 Å². The number of benzene rings is 3. The molecule has 8 heteroatoms. The summed E-state index contributed by atoms with van der Waals surface area (Å²) in [7, 11) is 0. The fourth-order valence-corrected chi connectivity index (χ4v) is 5.93. The van der Waals surface area contributed by atoms with E-state index in [4.69, 9.17) is 4.74 Å². The Morgan fingerprint density at radius 2 is 1.50 bits per heavy atom. The molecule has 2 aliphatic rings. The van der Waals surface area contributed by atoms with Gasteiger partial charge in [-0.05, 0) is 23.3 Å². The van der Waals surface area contributed by atoms with Gasteiger partial charge in [0.25, 0.3) is 11.8 Å². The number of hydrogen-bond donors (Lipinski definition) is 0. The van der Waals surface area contributed by atoms with Gasteiger partial charge in [0.1, 0.15) is 16.5 Å². The molecule has 1 aromatic heterocycles. The molecule has 0 spiro atoms. The molecule has 0 bridgehead atoms. The Morgan fingerprint density at radius 3 is 2.18 bits per heavy atom. The molecular formula is C30H28N4O3S. The Bertz CT molecular complexity index is 1380. The molecule has 0 atom stereocenters. The van der Waals surface area contributed by atoms with E-state index >= 15 is 0 Å². The molecule has 2 aliphatic heterocycles.